The Kier molecular flexibility index (Phi) is 8.51. The number of benzene rings is 4. The van der Waals surface area contributed by atoms with Crippen LogP contribution in [-0.2, 0) is 0 Å². The number of fused-ring (bicyclic) bond motifs is 1. The van der Waals surface area contributed by atoms with Crippen LogP contribution in [0.5, 0.6) is 11.5 Å². The molecule has 0 aliphatic carbocycles. The maximum atomic E-state index is 12.4. The summed E-state index contributed by atoms with van der Waals surface area (Å²) in [7, 11) is 0. The molecule has 1 aliphatic heterocycles. The van der Waals surface area contributed by atoms with Gasteiger partial charge in [-0.25, -0.2) is 5.43 Å². The molecule has 5 rings (SSSR count). The Balaban J connectivity index is 1.16. The van der Waals surface area contributed by atoms with E-state index in [0.29, 0.717) is 12.2 Å². The first-order chi connectivity index (χ1) is 19.0. The number of aromatic hydroxyl groups is 1. The number of amides is 1. The molecule has 39 heavy (non-hydrogen) atoms. The Labute approximate surface area is 237 Å². The van der Waals surface area contributed by atoms with Crippen LogP contribution in [0.3, 0.4) is 0 Å². The zero-order chi connectivity index (χ0) is 27.2. The first kappa shape index (κ1) is 26.8. The van der Waals surface area contributed by atoms with Crippen molar-refractivity contribution in [1.82, 2.24) is 10.3 Å². The molecule has 0 atom stereocenters. The third kappa shape index (κ3) is 6.63. The third-order valence-electron chi connectivity index (χ3n) is 6.73. The molecule has 0 aromatic heterocycles. The van der Waals surface area contributed by atoms with Gasteiger partial charge in [-0.15, -0.1) is 0 Å². The van der Waals surface area contributed by atoms with Crippen LogP contribution in [0.25, 0.3) is 10.8 Å². The Morgan fingerprint density at radius 3 is 2.44 bits per heavy atom. The van der Waals surface area contributed by atoms with Crippen molar-refractivity contribution in [2.75, 3.05) is 44.2 Å². The van der Waals surface area contributed by atoms with Gasteiger partial charge in [-0.1, -0.05) is 47.5 Å². The fraction of sp³-hybridized carbons (Fsp3) is 0.200. The molecule has 9 heteroatoms. The van der Waals surface area contributed by atoms with Gasteiger partial charge in [0.05, 0.1) is 11.2 Å². The second kappa shape index (κ2) is 12.4. The van der Waals surface area contributed by atoms with Crippen LogP contribution in [0.15, 0.2) is 84.0 Å². The summed E-state index contributed by atoms with van der Waals surface area (Å²) in [5.41, 5.74) is 4.86. The lowest BCUT2D eigenvalue weighted by Crippen LogP contribution is -2.47. The van der Waals surface area contributed by atoms with E-state index in [1.807, 2.05) is 48.5 Å². The molecule has 1 heterocycles. The quantitative estimate of drug-likeness (QED) is 0.209. The van der Waals surface area contributed by atoms with Crippen LogP contribution in [-0.4, -0.2) is 61.5 Å². The molecule has 7 nitrogen and oxygen atoms in total. The SMILES string of the molecule is O=C(NN=Cc1ccc(OCCN2CCN(c3ccc(Cl)cc3)CC2)c2ccccc12)c1ccc(O)c(Cl)c1. The van der Waals surface area contributed by atoms with Gasteiger partial charge in [-0.2, -0.15) is 5.10 Å². The van der Waals surface area contributed by atoms with Crippen LogP contribution in [0.4, 0.5) is 5.69 Å². The number of ether oxygens (including phenoxy) is 1. The largest absolute Gasteiger partial charge is 0.506 e. The van der Waals surface area contributed by atoms with E-state index >= 15 is 0 Å². The fourth-order valence-electron chi connectivity index (χ4n) is 4.57. The molecular formula is C30H28Cl2N4O3. The predicted molar refractivity (Wildman–Crippen MR) is 158 cm³/mol. The van der Waals surface area contributed by atoms with E-state index in [2.05, 4.69) is 32.5 Å². The summed E-state index contributed by atoms with van der Waals surface area (Å²) in [6.45, 7) is 5.32. The number of halogens is 2. The topological polar surface area (TPSA) is 77.4 Å². The van der Waals surface area contributed by atoms with E-state index < -0.39 is 5.91 Å². The lowest BCUT2D eigenvalue weighted by atomic mass is 10.0. The summed E-state index contributed by atoms with van der Waals surface area (Å²) in [4.78, 5) is 17.2. The van der Waals surface area contributed by atoms with Crippen LogP contribution in [0.1, 0.15) is 15.9 Å². The molecule has 0 spiro atoms. The number of phenolic OH excluding ortho intramolecular Hbond substituents is 1. The molecule has 1 aliphatic rings. The molecule has 2 N–H and O–H groups in total. The average molecular weight is 563 g/mol. The highest BCUT2D eigenvalue weighted by Crippen LogP contribution is 2.28. The smallest absolute Gasteiger partial charge is 0.271 e. The van der Waals surface area contributed by atoms with Crippen molar-refractivity contribution in [2.24, 2.45) is 5.10 Å². The van der Waals surface area contributed by atoms with Crippen molar-refractivity contribution in [3.63, 3.8) is 0 Å². The number of hydrogen-bond acceptors (Lipinski definition) is 6. The van der Waals surface area contributed by atoms with Gasteiger partial charge in [-0.05, 0) is 60.0 Å². The van der Waals surface area contributed by atoms with Gasteiger partial charge in [0.25, 0.3) is 5.91 Å². The number of nitrogens with one attached hydrogen (secondary N) is 1. The molecule has 0 unspecified atom stereocenters. The highest BCUT2D eigenvalue weighted by molar-refractivity contribution is 6.32. The van der Waals surface area contributed by atoms with E-state index in [1.54, 1.807) is 6.21 Å². The van der Waals surface area contributed by atoms with E-state index in [4.69, 9.17) is 27.9 Å². The van der Waals surface area contributed by atoms with Crippen LogP contribution < -0.4 is 15.1 Å². The lowest BCUT2D eigenvalue weighted by Gasteiger charge is -2.36. The first-order valence-electron chi connectivity index (χ1n) is 12.7. The maximum absolute atomic E-state index is 12.4. The number of hydrazone groups is 1. The molecule has 1 fully saturated rings. The normalized spacial score (nSPS) is 14.2. The van der Waals surface area contributed by atoms with Crippen LogP contribution in [0.2, 0.25) is 10.0 Å². The van der Waals surface area contributed by atoms with Gasteiger partial charge < -0.3 is 14.7 Å². The molecule has 0 bridgehead atoms. The number of nitrogens with zero attached hydrogens (tertiary/aromatic N) is 3. The second-order valence-electron chi connectivity index (χ2n) is 9.22. The fourth-order valence-corrected chi connectivity index (χ4v) is 4.88. The zero-order valence-electron chi connectivity index (χ0n) is 21.2. The standard InChI is InChI=1S/C30H28Cl2N4O3/c31-23-7-9-24(10-8-23)36-15-13-35(14-16-36)17-18-39-29-12-6-22(25-3-1-2-4-26(25)29)20-33-34-30(38)21-5-11-28(37)27(32)19-21/h1-12,19-20,37H,13-18H2,(H,34,38). The Hall–Kier alpha value is -3.78. The Bertz CT molecular complexity index is 1490. The zero-order valence-corrected chi connectivity index (χ0v) is 22.7. The highest BCUT2D eigenvalue weighted by atomic mass is 35.5. The van der Waals surface area contributed by atoms with Crippen LogP contribution >= 0.6 is 23.2 Å². The lowest BCUT2D eigenvalue weighted by molar-refractivity contribution is 0.0955. The van der Waals surface area contributed by atoms with Crippen molar-refractivity contribution >= 4 is 51.8 Å². The molecule has 4 aromatic carbocycles. The second-order valence-corrected chi connectivity index (χ2v) is 10.1. The number of piperazine rings is 1. The van der Waals surface area contributed by atoms with Gasteiger partial charge >= 0.3 is 0 Å². The minimum Gasteiger partial charge on any atom is -0.506 e. The molecular weight excluding hydrogens is 535 g/mol. The average Bonchev–Trinajstić information content (AvgIpc) is 2.96. The number of carbonyl (C=O) groups is 1. The maximum Gasteiger partial charge on any atom is 0.271 e. The van der Waals surface area contributed by atoms with Crippen molar-refractivity contribution in [1.29, 1.82) is 0 Å². The molecule has 0 radical (unpaired) electrons. The summed E-state index contributed by atoms with van der Waals surface area (Å²) >= 11 is 11.9. The minimum absolute atomic E-state index is 0.0813. The summed E-state index contributed by atoms with van der Waals surface area (Å²) in [6.07, 6.45) is 1.60. The van der Waals surface area contributed by atoms with Gasteiger partial charge in [0.15, 0.2) is 0 Å². The Morgan fingerprint density at radius 2 is 1.69 bits per heavy atom. The van der Waals surface area contributed by atoms with Gasteiger partial charge in [-0.3, -0.25) is 9.69 Å². The van der Waals surface area contributed by atoms with E-state index in [1.165, 1.54) is 23.9 Å². The summed E-state index contributed by atoms with van der Waals surface area (Å²) in [6, 6.07) is 24.1. The van der Waals surface area contributed by atoms with Crippen LogP contribution in [0, 0.1) is 0 Å². The van der Waals surface area contributed by atoms with E-state index in [-0.39, 0.29) is 10.8 Å². The minimum atomic E-state index is -0.425. The predicted octanol–water partition coefficient (Wildman–Crippen LogP) is 5.82. The van der Waals surface area contributed by atoms with Crippen molar-refractivity contribution in [3.8, 4) is 11.5 Å². The number of anilines is 1. The first-order valence-corrected chi connectivity index (χ1v) is 13.4. The number of rotatable bonds is 8. The van der Waals surface area contributed by atoms with E-state index in [9.17, 15) is 9.90 Å². The number of phenols is 1. The summed E-state index contributed by atoms with van der Waals surface area (Å²) in [5.74, 6) is 0.305. The van der Waals surface area contributed by atoms with Gasteiger partial charge in [0.1, 0.15) is 18.1 Å². The monoisotopic (exact) mass is 562 g/mol. The van der Waals surface area contributed by atoms with Gasteiger partial charge in [0.2, 0.25) is 0 Å². The number of hydrogen-bond donors (Lipinski definition) is 2. The summed E-state index contributed by atoms with van der Waals surface area (Å²) in [5, 5.41) is 16.5. The highest BCUT2D eigenvalue weighted by Gasteiger charge is 2.17. The van der Waals surface area contributed by atoms with Crippen molar-refractivity contribution < 1.29 is 14.6 Å². The van der Waals surface area contributed by atoms with E-state index in [0.717, 1.165) is 59.8 Å². The third-order valence-corrected chi connectivity index (χ3v) is 7.28. The molecule has 1 saturated heterocycles. The number of carbonyl (C=O) groups excluding carboxylic acids is 1. The summed E-state index contributed by atoms with van der Waals surface area (Å²) < 4.78 is 6.21. The van der Waals surface area contributed by atoms with Crippen molar-refractivity contribution in [3.05, 3.63) is 100 Å². The molecule has 1 amide bonds. The molecule has 4 aromatic rings. The molecule has 200 valence electrons. The van der Waals surface area contributed by atoms with Gasteiger partial charge in [0, 0.05) is 59.9 Å². The van der Waals surface area contributed by atoms with Crippen molar-refractivity contribution in [2.45, 2.75) is 0 Å². The Morgan fingerprint density at radius 1 is 0.949 bits per heavy atom. The molecule has 0 saturated carbocycles.